The van der Waals surface area contributed by atoms with Gasteiger partial charge >= 0.3 is 0 Å². The molecule has 0 radical (unpaired) electrons. The molecule has 0 saturated heterocycles. The number of hydrogen-bond donors (Lipinski definition) is 1. The Kier molecular flexibility index (Phi) is 2.22. The van der Waals surface area contributed by atoms with Crippen LogP contribution in [0.5, 0.6) is 5.75 Å². The quantitative estimate of drug-likeness (QED) is 0.819. The summed E-state index contributed by atoms with van der Waals surface area (Å²) < 4.78 is 28.7. The lowest BCUT2D eigenvalue weighted by atomic mass is 10.0. The largest absolute Gasteiger partial charge is 0.467 e. The molecule has 1 aliphatic heterocycles. The van der Waals surface area contributed by atoms with Crippen LogP contribution >= 0.6 is 0 Å². The summed E-state index contributed by atoms with van der Waals surface area (Å²) in [5.41, 5.74) is 7.31. The normalized spacial score (nSPS) is 14.2. The van der Waals surface area contributed by atoms with Crippen LogP contribution in [0.4, 0.5) is 10.3 Å². The Bertz CT molecular complexity index is 568. The highest BCUT2D eigenvalue weighted by Crippen LogP contribution is 2.38. The first-order valence-corrected chi connectivity index (χ1v) is 4.99. The first-order chi connectivity index (χ1) is 8.25. The molecule has 0 atom stereocenters. The Morgan fingerprint density at radius 1 is 1.29 bits per heavy atom. The molecular weight excluding hydrogens is 227 g/mol. The molecule has 0 aliphatic carbocycles. The van der Waals surface area contributed by atoms with E-state index in [-0.39, 0.29) is 18.5 Å². The zero-order valence-electron chi connectivity index (χ0n) is 8.77. The number of hydrogen-bond acceptors (Lipinski definition) is 5. The zero-order chi connectivity index (χ0) is 11.8. The van der Waals surface area contributed by atoms with E-state index in [9.17, 15) is 4.39 Å². The van der Waals surface area contributed by atoms with Gasteiger partial charge in [0.2, 0.25) is 5.88 Å². The number of fused-ring (bicyclic) bond motifs is 1. The predicted octanol–water partition coefficient (Wildman–Crippen LogP) is 1.93. The van der Waals surface area contributed by atoms with Crippen LogP contribution in [0, 0.1) is 5.82 Å². The van der Waals surface area contributed by atoms with Crippen molar-refractivity contribution in [3.63, 3.8) is 0 Å². The third-order valence-corrected chi connectivity index (χ3v) is 2.56. The molecule has 2 aromatic rings. The van der Waals surface area contributed by atoms with Gasteiger partial charge in [0, 0.05) is 11.1 Å². The van der Waals surface area contributed by atoms with Crippen LogP contribution in [0.1, 0.15) is 5.56 Å². The van der Waals surface area contributed by atoms with Crippen molar-refractivity contribution < 1.29 is 18.4 Å². The third-order valence-electron chi connectivity index (χ3n) is 2.56. The molecule has 3 rings (SSSR count). The predicted molar refractivity (Wildman–Crippen MR) is 56.6 cm³/mol. The third kappa shape index (κ3) is 1.62. The molecule has 1 aromatic heterocycles. The maximum Gasteiger partial charge on any atom is 0.230 e. The van der Waals surface area contributed by atoms with Crippen LogP contribution < -0.4 is 10.5 Å². The van der Waals surface area contributed by atoms with Crippen molar-refractivity contribution in [3.05, 3.63) is 29.7 Å². The highest BCUT2D eigenvalue weighted by Gasteiger charge is 2.20. The van der Waals surface area contributed by atoms with Crippen molar-refractivity contribution in [1.29, 1.82) is 0 Å². The highest BCUT2D eigenvalue weighted by molar-refractivity contribution is 5.78. The van der Waals surface area contributed by atoms with Crippen LogP contribution in [-0.4, -0.2) is 11.9 Å². The van der Waals surface area contributed by atoms with E-state index < -0.39 is 0 Å². The minimum Gasteiger partial charge on any atom is -0.467 e. The van der Waals surface area contributed by atoms with Crippen LogP contribution in [-0.2, 0) is 11.3 Å². The highest BCUT2D eigenvalue weighted by atomic mass is 19.1. The lowest BCUT2D eigenvalue weighted by Gasteiger charge is -2.20. The monoisotopic (exact) mass is 236 g/mol. The van der Waals surface area contributed by atoms with Crippen molar-refractivity contribution in [3.8, 4) is 16.9 Å². The molecule has 5 nitrogen and oxygen atoms in total. The minimum atomic E-state index is -0.381. The van der Waals surface area contributed by atoms with Gasteiger partial charge in [0.15, 0.2) is 6.79 Å². The molecule has 2 N–H and O–H groups in total. The van der Waals surface area contributed by atoms with Gasteiger partial charge in [0.05, 0.1) is 18.4 Å². The summed E-state index contributed by atoms with van der Waals surface area (Å²) in [6.45, 7) is 0.447. The second-order valence-electron chi connectivity index (χ2n) is 3.66. The number of aromatic nitrogens is 1. The second-order valence-corrected chi connectivity index (χ2v) is 3.66. The smallest absolute Gasteiger partial charge is 0.230 e. The summed E-state index contributed by atoms with van der Waals surface area (Å²) in [5.74, 6) is 0.314. The number of nitrogens with zero attached hydrogens (tertiary/aromatic N) is 1. The van der Waals surface area contributed by atoms with Gasteiger partial charge in [-0.25, -0.2) is 4.39 Å². The number of nitrogens with two attached hydrogens (primary N) is 1. The van der Waals surface area contributed by atoms with Gasteiger partial charge in [0.1, 0.15) is 11.6 Å². The molecule has 0 amide bonds. The van der Waals surface area contributed by atoms with E-state index in [4.69, 9.17) is 19.7 Å². The van der Waals surface area contributed by atoms with E-state index in [1.54, 1.807) is 0 Å². The first kappa shape index (κ1) is 10.1. The molecule has 0 bridgehead atoms. The summed E-state index contributed by atoms with van der Waals surface area (Å²) in [6, 6.07) is 2.72. The van der Waals surface area contributed by atoms with Crippen LogP contribution in [0.2, 0.25) is 0 Å². The van der Waals surface area contributed by atoms with E-state index >= 15 is 0 Å². The molecule has 0 fully saturated rings. The SMILES string of the molecule is Nc1oncc1-c1cc(F)cc2c1OCOC2. The summed E-state index contributed by atoms with van der Waals surface area (Å²) in [7, 11) is 0. The standard InChI is InChI=1S/C11H9FN2O3/c12-7-1-6-4-15-5-16-10(6)8(2-7)9-3-14-17-11(9)13/h1-3H,4-5,13H2. The molecular formula is C11H9FN2O3. The lowest BCUT2D eigenvalue weighted by Crippen LogP contribution is -2.12. The maximum absolute atomic E-state index is 13.5. The topological polar surface area (TPSA) is 70.5 Å². The average Bonchev–Trinajstić information content (AvgIpc) is 2.74. The molecule has 1 aliphatic rings. The molecule has 0 saturated carbocycles. The molecule has 2 heterocycles. The molecule has 0 spiro atoms. The average molecular weight is 236 g/mol. The fourth-order valence-corrected chi connectivity index (χ4v) is 1.83. The van der Waals surface area contributed by atoms with E-state index in [1.807, 2.05) is 0 Å². The van der Waals surface area contributed by atoms with Crippen LogP contribution in [0.25, 0.3) is 11.1 Å². The molecule has 88 valence electrons. The van der Waals surface area contributed by atoms with E-state index in [0.29, 0.717) is 29.0 Å². The van der Waals surface area contributed by atoms with Crippen LogP contribution in [0.3, 0.4) is 0 Å². The van der Waals surface area contributed by atoms with Gasteiger partial charge in [0.25, 0.3) is 0 Å². The molecule has 1 aromatic carbocycles. The Balaban J connectivity index is 2.22. The van der Waals surface area contributed by atoms with E-state index in [1.165, 1.54) is 18.3 Å². The maximum atomic E-state index is 13.5. The Morgan fingerprint density at radius 3 is 2.94 bits per heavy atom. The number of nitrogen functional groups attached to an aromatic ring is 1. The van der Waals surface area contributed by atoms with Gasteiger partial charge in [-0.3, -0.25) is 0 Å². The molecule has 6 heteroatoms. The number of benzene rings is 1. The fraction of sp³-hybridized carbons (Fsp3) is 0.182. The molecule has 0 unspecified atom stereocenters. The number of anilines is 1. The Labute approximate surface area is 95.9 Å². The van der Waals surface area contributed by atoms with Crippen molar-refractivity contribution in [2.45, 2.75) is 6.61 Å². The Morgan fingerprint density at radius 2 is 2.18 bits per heavy atom. The van der Waals surface area contributed by atoms with E-state index in [0.717, 1.165) is 0 Å². The number of halogens is 1. The lowest BCUT2D eigenvalue weighted by molar-refractivity contribution is -0.0161. The Hall–Kier alpha value is -2.08. The summed E-state index contributed by atoms with van der Waals surface area (Å²) in [5, 5.41) is 3.57. The summed E-state index contributed by atoms with van der Waals surface area (Å²) >= 11 is 0. The van der Waals surface area contributed by atoms with Crippen molar-refractivity contribution in [2.75, 3.05) is 12.5 Å². The van der Waals surface area contributed by atoms with Crippen molar-refractivity contribution in [1.82, 2.24) is 5.16 Å². The van der Waals surface area contributed by atoms with Crippen LogP contribution in [0.15, 0.2) is 22.9 Å². The van der Waals surface area contributed by atoms with Gasteiger partial charge in [-0.2, -0.15) is 0 Å². The van der Waals surface area contributed by atoms with Gasteiger partial charge in [-0.15, -0.1) is 0 Å². The minimum absolute atomic E-state index is 0.132. The number of ether oxygens (including phenoxy) is 2. The molecule has 17 heavy (non-hydrogen) atoms. The van der Waals surface area contributed by atoms with Crippen molar-refractivity contribution in [2.24, 2.45) is 0 Å². The van der Waals surface area contributed by atoms with Gasteiger partial charge in [-0.05, 0) is 12.1 Å². The summed E-state index contributed by atoms with van der Waals surface area (Å²) in [4.78, 5) is 0. The fourth-order valence-electron chi connectivity index (χ4n) is 1.83. The number of rotatable bonds is 1. The van der Waals surface area contributed by atoms with Gasteiger partial charge in [-0.1, -0.05) is 5.16 Å². The second kappa shape index (κ2) is 3.74. The van der Waals surface area contributed by atoms with Gasteiger partial charge < -0.3 is 19.7 Å². The first-order valence-electron chi connectivity index (χ1n) is 4.99. The zero-order valence-corrected chi connectivity index (χ0v) is 8.77. The summed E-state index contributed by atoms with van der Waals surface area (Å²) in [6.07, 6.45) is 1.43. The van der Waals surface area contributed by atoms with Crippen molar-refractivity contribution >= 4 is 5.88 Å². The van der Waals surface area contributed by atoms with E-state index in [2.05, 4.69) is 5.16 Å².